The molecule has 2 rings (SSSR count). The summed E-state index contributed by atoms with van der Waals surface area (Å²) < 4.78 is 6.71. The van der Waals surface area contributed by atoms with Crippen molar-refractivity contribution in [3.05, 3.63) is 22.9 Å². The van der Waals surface area contributed by atoms with Crippen molar-refractivity contribution in [1.29, 1.82) is 0 Å². The minimum Gasteiger partial charge on any atom is -0.373 e. The highest BCUT2D eigenvalue weighted by atomic mass is 79.9. The molecule has 1 aromatic heterocycles. The van der Waals surface area contributed by atoms with Gasteiger partial charge >= 0.3 is 0 Å². The summed E-state index contributed by atoms with van der Waals surface area (Å²) in [6.07, 6.45) is 3.68. The highest BCUT2D eigenvalue weighted by Gasteiger charge is 2.22. The van der Waals surface area contributed by atoms with Crippen LogP contribution in [0.2, 0.25) is 0 Å². The zero-order chi connectivity index (χ0) is 14.5. The first-order valence-electron chi connectivity index (χ1n) is 6.48. The van der Waals surface area contributed by atoms with Crippen LogP contribution in [0, 0.1) is 0 Å². The van der Waals surface area contributed by atoms with Gasteiger partial charge in [-0.1, -0.05) is 0 Å². The Kier molecular flexibility index (Phi) is 5.33. The molecule has 1 saturated heterocycles. The van der Waals surface area contributed by atoms with Crippen LogP contribution in [0.1, 0.15) is 0 Å². The molecule has 7 heteroatoms. The van der Waals surface area contributed by atoms with Gasteiger partial charge in [0.25, 0.3) is 0 Å². The highest BCUT2D eigenvalue weighted by molar-refractivity contribution is 9.10. The van der Waals surface area contributed by atoms with Crippen molar-refractivity contribution in [2.75, 3.05) is 44.7 Å². The molecule has 1 atom stereocenters. The van der Waals surface area contributed by atoms with Crippen LogP contribution >= 0.6 is 15.9 Å². The molecule has 1 aliphatic heterocycles. The number of hydrogen-bond donors (Lipinski definition) is 1. The van der Waals surface area contributed by atoms with Crippen LogP contribution in [0.25, 0.3) is 0 Å². The molecule has 2 heterocycles. The van der Waals surface area contributed by atoms with E-state index >= 15 is 0 Å². The maximum atomic E-state index is 10.9. The molecular formula is C13H19BrN4O2. The van der Waals surface area contributed by atoms with Gasteiger partial charge in [-0.3, -0.25) is 14.7 Å². The number of rotatable bonds is 5. The first kappa shape index (κ1) is 15.2. The lowest BCUT2D eigenvalue weighted by Gasteiger charge is -2.35. The number of likely N-dealkylation sites (N-methyl/N-ethyl adjacent to an activating group) is 1. The molecule has 1 unspecified atom stereocenters. The maximum absolute atomic E-state index is 10.9. The Labute approximate surface area is 127 Å². The van der Waals surface area contributed by atoms with E-state index in [1.54, 1.807) is 6.20 Å². The number of hydrogen-bond acceptors (Lipinski definition) is 5. The zero-order valence-electron chi connectivity index (χ0n) is 11.5. The molecule has 1 amide bonds. The van der Waals surface area contributed by atoms with Gasteiger partial charge in [0.15, 0.2) is 0 Å². The number of primary amides is 1. The van der Waals surface area contributed by atoms with Gasteiger partial charge in [-0.2, -0.15) is 0 Å². The summed E-state index contributed by atoms with van der Waals surface area (Å²) in [5.74, 6) is -0.323. The highest BCUT2D eigenvalue weighted by Crippen LogP contribution is 2.20. The SMILES string of the molecule is CN(CC(N)=O)CC1CN(c2cncc(Br)c2)CCO1. The summed E-state index contributed by atoms with van der Waals surface area (Å²) >= 11 is 3.43. The van der Waals surface area contributed by atoms with E-state index in [1.807, 2.05) is 24.2 Å². The fourth-order valence-electron chi connectivity index (χ4n) is 2.32. The van der Waals surface area contributed by atoms with Gasteiger partial charge in [-0.25, -0.2) is 0 Å². The molecule has 6 nitrogen and oxygen atoms in total. The van der Waals surface area contributed by atoms with Crippen molar-refractivity contribution in [3.8, 4) is 0 Å². The summed E-state index contributed by atoms with van der Waals surface area (Å²) in [5, 5.41) is 0. The van der Waals surface area contributed by atoms with Crippen molar-refractivity contribution in [3.63, 3.8) is 0 Å². The van der Waals surface area contributed by atoms with Crippen LogP contribution in [0.4, 0.5) is 5.69 Å². The van der Waals surface area contributed by atoms with Crippen molar-refractivity contribution >= 4 is 27.5 Å². The van der Waals surface area contributed by atoms with Crippen molar-refractivity contribution in [2.24, 2.45) is 5.73 Å². The van der Waals surface area contributed by atoms with Crippen molar-refractivity contribution < 1.29 is 9.53 Å². The minimum absolute atomic E-state index is 0.0621. The third kappa shape index (κ3) is 4.43. The molecular weight excluding hydrogens is 324 g/mol. The van der Waals surface area contributed by atoms with Gasteiger partial charge in [0.1, 0.15) is 0 Å². The summed E-state index contributed by atoms with van der Waals surface area (Å²) in [7, 11) is 1.87. The zero-order valence-corrected chi connectivity index (χ0v) is 13.0. The van der Waals surface area contributed by atoms with Crippen LogP contribution in [0.3, 0.4) is 0 Å². The lowest BCUT2D eigenvalue weighted by atomic mass is 10.2. The van der Waals surface area contributed by atoms with Gasteiger partial charge in [-0.05, 0) is 29.0 Å². The van der Waals surface area contributed by atoms with Crippen LogP contribution in [-0.2, 0) is 9.53 Å². The van der Waals surface area contributed by atoms with E-state index in [-0.39, 0.29) is 18.6 Å². The van der Waals surface area contributed by atoms with Gasteiger partial charge in [-0.15, -0.1) is 0 Å². The lowest BCUT2D eigenvalue weighted by Crippen LogP contribution is -2.48. The number of pyridine rings is 1. The number of carbonyl (C=O) groups excluding carboxylic acids is 1. The molecule has 20 heavy (non-hydrogen) atoms. The van der Waals surface area contributed by atoms with E-state index < -0.39 is 0 Å². The second-order valence-corrected chi connectivity index (χ2v) is 5.88. The Morgan fingerprint density at radius 2 is 2.45 bits per heavy atom. The van der Waals surface area contributed by atoms with Gasteiger partial charge in [0.05, 0.1) is 31.1 Å². The topological polar surface area (TPSA) is 71.7 Å². The predicted octanol–water partition coefficient (Wildman–Crippen LogP) is 0.466. The molecule has 0 radical (unpaired) electrons. The predicted molar refractivity (Wildman–Crippen MR) is 80.6 cm³/mol. The average molecular weight is 343 g/mol. The number of nitrogens with two attached hydrogens (primary N) is 1. The third-order valence-electron chi connectivity index (χ3n) is 3.14. The van der Waals surface area contributed by atoms with E-state index in [0.717, 1.165) is 23.2 Å². The third-order valence-corrected chi connectivity index (χ3v) is 3.57. The van der Waals surface area contributed by atoms with Crippen LogP contribution in [0.15, 0.2) is 22.9 Å². The maximum Gasteiger partial charge on any atom is 0.231 e. The molecule has 110 valence electrons. The number of ether oxygens (including phenoxy) is 1. The number of amides is 1. The Morgan fingerprint density at radius 1 is 1.65 bits per heavy atom. The monoisotopic (exact) mass is 342 g/mol. The number of carbonyl (C=O) groups is 1. The van der Waals surface area contributed by atoms with Crippen LogP contribution in [-0.4, -0.2) is 61.7 Å². The van der Waals surface area contributed by atoms with E-state index in [9.17, 15) is 4.79 Å². The molecule has 0 spiro atoms. The fourth-order valence-corrected chi connectivity index (χ4v) is 2.67. The molecule has 0 saturated carbocycles. The molecule has 0 bridgehead atoms. The van der Waals surface area contributed by atoms with Gasteiger partial charge in [0, 0.05) is 30.3 Å². The van der Waals surface area contributed by atoms with Crippen molar-refractivity contribution in [2.45, 2.75) is 6.10 Å². The van der Waals surface area contributed by atoms with Crippen LogP contribution in [0.5, 0.6) is 0 Å². The van der Waals surface area contributed by atoms with E-state index in [0.29, 0.717) is 13.2 Å². The molecule has 1 aromatic rings. The smallest absolute Gasteiger partial charge is 0.231 e. The molecule has 0 aliphatic carbocycles. The van der Waals surface area contributed by atoms with E-state index in [2.05, 4.69) is 25.8 Å². The standard InChI is InChI=1S/C13H19BrN4O2/c1-17(9-13(15)19)7-12-8-18(2-3-20-12)11-4-10(14)5-16-6-11/h4-6,12H,2-3,7-9H2,1H3,(H2,15,19). The molecule has 2 N–H and O–H groups in total. The number of halogens is 1. The van der Waals surface area contributed by atoms with E-state index in [1.165, 1.54) is 0 Å². The normalized spacial score (nSPS) is 19.4. The second-order valence-electron chi connectivity index (χ2n) is 4.96. The summed E-state index contributed by atoms with van der Waals surface area (Å²) in [6.45, 7) is 3.22. The van der Waals surface area contributed by atoms with Gasteiger partial charge in [0.2, 0.25) is 5.91 Å². The Hall–Kier alpha value is -1.18. The molecule has 1 aliphatic rings. The van der Waals surface area contributed by atoms with E-state index in [4.69, 9.17) is 10.5 Å². The lowest BCUT2D eigenvalue weighted by molar-refractivity contribution is -0.119. The number of morpholine rings is 1. The second kappa shape index (κ2) is 7.01. The molecule has 0 aromatic carbocycles. The Morgan fingerprint density at radius 3 is 3.15 bits per heavy atom. The number of nitrogens with zero attached hydrogens (tertiary/aromatic N) is 3. The number of anilines is 1. The molecule has 1 fully saturated rings. The first-order valence-corrected chi connectivity index (χ1v) is 7.28. The summed E-state index contributed by atoms with van der Waals surface area (Å²) in [5.41, 5.74) is 6.26. The number of aromatic nitrogens is 1. The Balaban J connectivity index is 1.93. The fraction of sp³-hybridized carbons (Fsp3) is 0.538. The van der Waals surface area contributed by atoms with Gasteiger partial charge < -0.3 is 15.4 Å². The largest absolute Gasteiger partial charge is 0.373 e. The average Bonchev–Trinajstić information content (AvgIpc) is 2.38. The summed E-state index contributed by atoms with van der Waals surface area (Å²) in [6, 6.07) is 2.04. The van der Waals surface area contributed by atoms with Crippen LogP contribution < -0.4 is 10.6 Å². The quantitative estimate of drug-likeness (QED) is 0.841. The minimum atomic E-state index is -0.323. The summed E-state index contributed by atoms with van der Waals surface area (Å²) in [4.78, 5) is 19.2. The van der Waals surface area contributed by atoms with Crippen molar-refractivity contribution in [1.82, 2.24) is 9.88 Å². The Bertz CT molecular complexity index is 471. The first-order chi connectivity index (χ1) is 9.54.